The van der Waals surface area contributed by atoms with E-state index in [0.29, 0.717) is 6.61 Å². The summed E-state index contributed by atoms with van der Waals surface area (Å²) < 4.78 is 0. The van der Waals surface area contributed by atoms with E-state index in [1.165, 1.54) is 0 Å². The Bertz CT molecular complexity index is 59.3. The minimum Gasteiger partial charge on any atom is -0.483 e. The number of hydrogen-bond acceptors (Lipinski definition) is 3. The maximum Gasteiger partial charge on any atom is 0.290 e. The number of aliphatic hydroxyl groups is 2. The molecule has 0 aliphatic rings. The average Bonchev–Trinajstić information content (AvgIpc) is 1.89. The van der Waals surface area contributed by atoms with Gasteiger partial charge in [-0.3, -0.25) is 4.79 Å². The van der Waals surface area contributed by atoms with E-state index in [4.69, 9.17) is 20.1 Å². The van der Waals surface area contributed by atoms with E-state index in [1.807, 2.05) is 0 Å². The Morgan fingerprint density at radius 1 is 1.42 bits per heavy atom. The zero-order valence-electron chi connectivity index (χ0n) is 8.03. The topological polar surface area (TPSA) is 77.8 Å². The number of rotatable bonds is 2. The maximum absolute atomic E-state index is 8.36. The quantitative estimate of drug-likeness (QED) is 0.551. The maximum atomic E-state index is 8.36. The van der Waals surface area contributed by atoms with E-state index >= 15 is 0 Å². The highest BCUT2D eigenvalue weighted by atomic mass is 16.3. The largest absolute Gasteiger partial charge is 0.483 e. The summed E-state index contributed by atoms with van der Waals surface area (Å²) in [6.45, 7) is 5.59. The first kappa shape index (κ1) is 17.5. The molecule has 0 rings (SSSR count). The van der Waals surface area contributed by atoms with Crippen LogP contribution in [0.2, 0.25) is 0 Å². The molecule has 0 fully saturated rings. The van der Waals surface area contributed by atoms with Gasteiger partial charge in [-0.05, 0) is 20.3 Å². The second-order valence-corrected chi connectivity index (χ2v) is 2.28. The Balaban J connectivity index is -0.000000105. The molecule has 0 aromatic heterocycles. The van der Waals surface area contributed by atoms with Crippen LogP contribution in [-0.2, 0) is 4.79 Å². The molecule has 0 spiro atoms. The van der Waals surface area contributed by atoms with Crippen LogP contribution >= 0.6 is 0 Å². The number of unbranched alkanes of at least 4 members (excludes halogenated alkanes) is 1. The molecule has 0 aliphatic heterocycles. The van der Waals surface area contributed by atoms with Gasteiger partial charge in [0.2, 0.25) is 0 Å². The first-order chi connectivity index (χ1) is 5.56. The smallest absolute Gasteiger partial charge is 0.290 e. The van der Waals surface area contributed by atoms with Gasteiger partial charge in [-0.2, -0.15) is 0 Å². The third-order valence-electron chi connectivity index (χ3n) is 0.512. The van der Waals surface area contributed by atoms with Crippen LogP contribution < -0.4 is 0 Å². The first-order valence-electron chi connectivity index (χ1n) is 3.93. The Hall–Kier alpha value is -0.610. The number of carbonyl (C=O) groups is 1. The van der Waals surface area contributed by atoms with E-state index in [-0.39, 0.29) is 12.6 Å². The molecule has 0 aromatic carbocycles. The molecular weight excluding hydrogens is 160 g/mol. The molecule has 0 saturated heterocycles. The Kier molecular flexibility index (Phi) is 32.7. The molecular formula is C8H20O4. The predicted molar refractivity (Wildman–Crippen MR) is 48.0 cm³/mol. The van der Waals surface area contributed by atoms with Crippen LogP contribution in [0.4, 0.5) is 0 Å². The summed E-state index contributed by atoms with van der Waals surface area (Å²) in [6.07, 6.45) is 1.87. The first-order valence-corrected chi connectivity index (χ1v) is 3.93. The summed E-state index contributed by atoms with van der Waals surface area (Å²) in [7, 11) is 0. The molecule has 0 unspecified atom stereocenters. The normalized spacial score (nSPS) is 7.50. The minimum atomic E-state index is -0.250. The van der Waals surface area contributed by atoms with Gasteiger partial charge in [-0.25, -0.2) is 0 Å². The zero-order chi connectivity index (χ0) is 10.4. The highest BCUT2D eigenvalue weighted by Crippen LogP contribution is 1.78. The summed E-state index contributed by atoms with van der Waals surface area (Å²) >= 11 is 0. The van der Waals surface area contributed by atoms with E-state index in [2.05, 4.69) is 6.92 Å². The van der Waals surface area contributed by atoms with Crippen molar-refractivity contribution in [2.75, 3.05) is 6.61 Å². The van der Waals surface area contributed by atoms with E-state index in [0.717, 1.165) is 12.8 Å². The lowest BCUT2D eigenvalue weighted by Crippen LogP contribution is -1.85. The standard InChI is InChI=1S/C4H10O.C3H8O.CH2O2/c1-2-3-4-5;1-3(2)4;2-1-3/h5H,2-4H2,1H3;3-4H,1-2H3;1H,(H,2,3). The second-order valence-electron chi connectivity index (χ2n) is 2.28. The van der Waals surface area contributed by atoms with Crippen LogP contribution in [0, 0.1) is 0 Å². The molecule has 0 amide bonds. The van der Waals surface area contributed by atoms with Crippen molar-refractivity contribution in [1.82, 2.24) is 0 Å². The number of aliphatic hydroxyl groups excluding tert-OH is 2. The third-order valence-corrected chi connectivity index (χ3v) is 0.512. The van der Waals surface area contributed by atoms with Crippen LogP contribution in [0.15, 0.2) is 0 Å². The lowest BCUT2D eigenvalue weighted by molar-refractivity contribution is -0.122. The van der Waals surface area contributed by atoms with Gasteiger partial charge in [0.05, 0.1) is 0 Å². The lowest BCUT2D eigenvalue weighted by atomic mass is 10.4. The van der Waals surface area contributed by atoms with Crippen LogP contribution in [0.25, 0.3) is 0 Å². The van der Waals surface area contributed by atoms with Crippen LogP contribution in [0.1, 0.15) is 33.6 Å². The number of hydrogen-bond donors (Lipinski definition) is 3. The van der Waals surface area contributed by atoms with Crippen molar-refractivity contribution in [3.63, 3.8) is 0 Å². The molecule has 0 atom stereocenters. The van der Waals surface area contributed by atoms with Gasteiger partial charge in [0, 0.05) is 12.7 Å². The molecule has 0 aliphatic carbocycles. The Morgan fingerprint density at radius 3 is 1.67 bits per heavy atom. The molecule has 0 aromatic rings. The van der Waals surface area contributed by atoms with Crippen LogP contribution in [0.3, 0.4) is 0 Å². The molecule has 0 saturated carbocycles. The van der Waals surface area contributed by atoms with Gasteiger partial charge >= 0.3 is 0 Å². The minimum absolute atomic E-state index is 0.167. The van der Waals surface area contributed by atoms with E-state index in [9.17, 15) is 0 Å². The van der Waals surface area contributed by atoms with Crippen molar-refractivity contribution in [3.05, 3.63) is 0 Å². The fraction of sp³-hybridized carbons (Fsp3) is 0.875. The number of carboxylic acid groups (broad SMARTS) is 1. The van der Waals surface area contributed by atoms with Crippen LogP contribution in [-0.4, -0.2) is 34.5 Å². The molecule has 4 heteroatoms. The van der Waals surface area contributed by atoms with Crippen molar-refractivity contribution in [3.8, 4) is 0 Å². The van der Waals surface area contributed by atoms with Crippen molar-refractivity contribution >= 4 is 6.47 Å². The molecule has 3 N–H and O–H groups in total. The van der Waals surface area contributed by atoms with Crippen molar-refractivity contribution in [1.29, 1.82) is 0 Å². The molecule has 76 valence electrons. The summed E-state index contributed by atoms with van der Waals surface area (Å²) in [5, 5.41) is 23.0. The van der Waals surface area contributed by atoms with E-state index in [1.54, 1.807) is 13.8 Å². The van der Waals surface area contributed by atoms with Gasteiger partial charge in [0.25, 0.3) is 6.47 Å². The molecule has 0 heterocycles. The van der Waals surface area contributed by atoms with E-state index < -0.39 is 0 Å². The Morgan fingerprint density at radius 2 is 1.67 bits per heavy atom. The molecule has 0 radical (unpaired) electrons. The predicted octanol–water partition coefficient (Wildman–Crippen LogP) is 0.867. The van der Waals surface area contributed by atoms with Gasteiger partial charge in [-0.1, -0.05) is 13.3 Å². The van der Waals surface area contributed by atoms with Gasteiger partial charge in [0.1, 0.15) is 0 Å². The SMILES string of the molecule is CC(C)O.CCCCO.O=CO. The average molecular weight is 180 g/mol. The van der Waals surface area contributed by atoms with Crippen LogP contribution in [0.5, 0.6) is 0 Å². The fourth-order valence-electron chi connectivity index (χ4n) is 0.158. The zero-order valence-corrected chi connectivity index (χ0v) is 8.03. The monoisotopic (exact) mass is 180 g/mol. The summed E-state index contributed by atoms with van der Waals surface area (Å²) in [4.78, 5) is 8.36. The van der Waals surface area contributed by atoms with Gasteiger partial charge in [-0.15, -0.1) is 0 Å². The molecule has 12 heavy (non-hydrogen) atoms. The highest BCUT2D eigenvalue weighted by Gasteiger charge is 1.69. The molecule has 4 nitrogen and oxygen atoms in total. The summed E-state index contributed by atoms with van der Waals surface area (Å²) in [5.74, 6) is 0. The van der Waals surface area contributed by atoms with Gasteiger partial charge in [0.15, 0.2) is 0 Å². The fourth-order valence-corrected chi connectivity index (χ4v) is 0.158. The van der Waals surface area contributed by atoms with Crippen molar-refractivity contribution in [2.24, 2.45) is 0 Å². The second kappa shape index (κ2) is 22.4. The van der Waals surface area contributed by atoms with Crippen molar-refractivity contribution < 1.29 is 20.1 Å². The van der Waals surface area contributed by atoms with Crippen molar-refractivity contribution in [2.45, 2.75) is 39.7 Å². The lowest BCUT2D eigenvalue weighted by Gasteiger charge is -1.80. The summed E-state index contributed by atoms with van der Waals surface area (Å²) in [5.41, 5.74) is 0. The summed E-state index contributed by atoms with van der Waals surface area (Å²) in [6, 6.07) is 0. The molecule has 0 bridgehead atoms. The Labute approximate surface area is 73.8 Å². The van der Waals surface area contributed by atoms with Gasteiger partial charge < -0.3 is 15.3 Å². The third kappa shape index (κ3) is 342. The highest BCUT2D eigenvalue weighted by molar-refractivity contribution is 5.32.